The predicted octanol–water partition coefficient (Wildman–Crippen LogP) is 0.371. The van der Waals surface area contributed by atoms with Gasteiger partial charge in [0.15, 0.2) is 0 Å². The average molecular weight is 258 g/mol. The van der Waals surface area contributed by atoms with E-state index in [-0.39, 0.29) is 36.7 Å². The molecule has 5 heteroatoms. The monoisotopic (exact) mass is 258 g/mol. The molecule has 0 saturated carbocycles. The van der Waals surface area contributed by atoms with Gasteiger partial charge in [-0.05, 0) is 27.2 Å². The van der Waals surface area contributed by atoms with Crippen LogP contribution in [0.3, 0.4) is 0 Å². The lowest BCUT2D eigenvalue weighted by molar-refractivity contribution is -0.134. The van der Waals surface area contributed by atoms with Crippen LogP contribution >= 0.6 is 0 Å². The zero-order valence-corrected chi connectivity index (χ0v) is 11.8. The van der Waals surface area contributed by atoms with Crippen LogP contribution in [0.1, 0.15) is 34.1 Å². The van der Waals surface area contributed by atoms with Crippen molar-refractivity contribution in [1.82, 2.24) is 10.2 Å². The summed E-state index contributed by atoms with van der Waals surface area (Å²) in [6.45, 7) is 9.18. The van der Waals surface area contributed by atoms with Gasteiger partial charge in [0.1, 0.15) is 0 Å². The molecule has 1 heterocycles. The number of rotatable bonds is 5. The average Bonchev–Trinajstić information content (AvgIpc) is 2.38. The smallest absolute Gasteiger partial charge is 0.237 e. The molecule has 1 fully saturated rings. The first-order chi connectivity index (χ1) is 8.49. The Hall–Kier alpha value is -0.650. The summed E-state index contributed by atoms with van der Waals surface area (Å²) < 4.78 is 5.48. The Morgan fingerprint density at radius 2 is 2.22 bits per heavy atom. The second-order valence-electron chi connectivity index (χ2n) is 5.18. The Morgan fingerprint density at radius 3 is 2.78 bits per heavy atom. The molecule has 0 bridgehead atoms. The van der Waals surface area contributed by atoms with Crippen molar-refractivity contribution in [1.29, 1.82) is 0 Å². The lowest BCUT2D eigenvalue weighted by Gasteiger charge is -2.40. The van der Waals surface area contributed by atoms with Crippen molar-refractivity contribution in [2.24, 2.45) is 0 Å². The van der Waals surface area contributed by atoms with Gasteiger partial charge in [-0.15, -0.1) is 0 Å². The number of carbonyl (C=O) groups excluding carboxylic acids is 1. The highest BCUT2D eigenvalue weighted by Gasteiger charge is 2.32. The van der Waals surface area contributed by atoms with Crippen LogP contribution < -0.4 is 5.32 Å². The summed E-state index contributed by atoms with van der Waals surface area (Å²) in [5, 5.41) is 12.1. The van der Waals surface area contributed by atoms with Crippen molar-refractivity contribution < 1.29 is 14.6 Å². The quantitative estimate of drug-likeness (QED) is 0.748. The number of aliphatic hydroxyl groups is 1. The van der Waals surface area contributed by atoms with Crippen molar-refractivity contribution >= 4 is 5.91 Å². The standard InChI is InChI=1S/C13H26N2O3/c1-5-9(2)14-13(17)11(4)15-6-12(7-16)18-8-10(15)3/h9-12,16H,5-8H2,1-4H3,(H,14,17). The molecular formula is C13H26N2O3. The summed E-state index contributed by atoms with van der Waals surface area (Å²) in [6, 6.07) is 0.211. The largest absolute Gasteiger partial charge is 0.394 e. The summed E-state index contributed by atoms with van der Waals surface area (Å²) in [4.78, 5) is 14.2. The van der Waals surface area contributed by atoms with Gasteiger partial charge in [0.05, 0.1) is 25.4 Å². The molecule has 18 heavy (non-hydrogen) atoms. The maximum atomic E-state index is 12.1. The first-order valence-electron chi connectivity index (χ1n) is 6.78. The molecule has 106 valence electrons. The number of amides is 1. The Balaban J connectivity index is 2.57. The van der Waals surface area contributed by atoms with Gasteiger partial charge in [0.25, 0.3) is 0 Å². The van der Waals surface area contributed by atoms with Gasteiger partial charge in [-0.1, -0.05) is 6.92 Å². The second kappa shape index (κ2) is 7.07. The minimum absolute atomic E-state index is 0.00290. The molecule has 0 spiro atoms. The Morgan fingerprint density at radius 1 is 1.56 bits per heavy atom. The van der Waals surface area contributed by atoms with Crippen LogP contribution in [0.15, 0.2) is 0 Å². The number of hydrogen-bond acceptors (Lipinski definition) is 4. The molecule has 0 aliphatic carbocycles. The van der Waals surface area contributed by atoms with E-state index in [0.717, 1.165) is 6.42 Å². The molecule has 0 aromatic heterocycles. The zero-order chi connectivity index (χ0) is 13.7. The van der Waals surface area contributed by atoms with E-state index in [1.54, 1.807) is 0 Å². The molecule has 0 aromatic carbocycles. The third-order valence-electron chi connectivity index (χ3n) is 3.64. The zero-order valence-electron chi connectivity index (χ0n) is 11.8. The van der Waals surface area contributed by atoms with Crippen LogP contribution in [-0.4, -0.2) is 59.9 Å². The molecular weight excluding hydrogens is 232 g/mol. The summed E-state index contributed by atoms with van der Waals surface area (Å²) >= 11 is 0. The fourth-order valence-corrected chi connectivity index (χ4v) is 2.11. The van der Waals surface area contributed by atoms with Gasteiger partial charge < -0.3 is 15.2 Å². The highest BCUT2D eigenvalue weighted by atomic mass is 16.5. The molecule has 1 aliphatic heterocycles. The van der Waals surface area contributed by atoms with Crippen LogP contribution in [0.2, 0.25) is 0 Å². The number of aliphatic hydroxyl groups excluding tert-OH is 1. The summed E-state index contributed by atoms with van der Waals surface area (Å²) in [5.41, 5.74) is 0. The lowest BCUT2D eigenvalue weighted by Crippen LogP contribution is -2.57. The topological polar surface area (TPSA) is 61.8 Å². The van der Waals surface area contributed by atoms with Crippen molar-refractivity contribution in [3.05, 3.63) is 0 Å². The SMILES string of the molecule is CCC(C)NC(=O)C(C)N1CC(CO)OCC1C. The number of nitrogens with one attached hydrogen (secondary N) is 1. The Labute approximate surface area is 109 Å². The van der Waals surface area contributed by atoms with Crippen LogP contribution in [0.5, 0.6) is 0 Å². The summed E-state index contributed by atoms with van der Waals surface area (Å²) in [7, 11) is 0. The van der Waals surface area contributed by atoms with E-state index < -0.39 is 0 Å². The maximum absolute atomic E-state index is 12.1. The van der Waals surface area contributed by atoms with Crippen molar-refractivity contribution in [2.75, 3.05) is 19.8 Å². The van der Waals surface area contributed by atoms with Gasteiger partial charge in [-0.3, -0.25) is 9.69 Å². The predicted molar refractivity (Wildman–Crippen MR) is 70.4 cm³/mol. The van der Waals surface area contributed by atoms with E-state index in [4.69, 9.17) is 9.84 Å². The molecule has 1 aliphatic rings. The number of carbonyl (C=O) groups is 1. The molecule has 0 radical (unpaired) electrons. The Kier molecular flexibility index (Phi) is 6.05. The molecule has 5 nitrogen and oxygen atoms in total. The number of ether oxygens (including phenoxy) is 1. The minimum atomic E-state index is -0.188. The molecule has 4 atom stereocenters. The van der Waals surface area contributed by atoms with Gasteiger partial charge in [-0.2, -0.15) is 0 Å². The van der Waals surface area contributed by atoms with E-state index in [1.165, 1.54) is 0 Å². The van der Waals surface area contributed by atoms with E-state index >= 15 is 0 Å². The van der Waals surface area contributed by atoms with Crippen LogP contribution in [0.25, 0.3) is 0 Å². The number of nitrogens with zero attached hydrogens (tertiary/aromatic N) is 1. The normalized spacial score (nSPS) is 28.7. The molecule has 4 unspecified atom stereocenters. The molecule has 1 amide bonds. The number of morpholine rings is 1. The first-order valence-corrected chi connectivity index (χ1v) is 6.78. The van der Waals surface area contributed by atoms with Crippen molar-refractivity contribution in [3.63, 3.8) is 0 Å². The second-order valence-corrected chi connectivity index (χ2v) is 5.18. The third-order valence-corrected chi connectivity index (χ3v) is 3.64. The van der Waals surface area contributed by atoms with Crippen molar-refractivity contribution in [3.8, 4) is 0 Å². The van der Waals surface area contributed by atoms with Crippen LogP contribution in [0, 0.1) is 0 Å². The van der Waals surface area contributed by atoms with Crippen LogP contribution in [-0.2, 0) is 9.53 Å². The van der Waals surface area contributed by atoms with Gasteiger partial charge in [0.2, 0.25) is 5.91 Å². The number of hydrogen-bond donors (Lipinski definition) is 2. The highest BCUT2D eigenvalue weighted by Crippen LogP contribution is 2.15. The van der Waals surface area contributed by atoms with E-state index in [2.05, 4.69) is 17.1 Å². The van der Waals surface area contributed by atoms with Crippen molar-refractivity contribution in [2.45, 2.75) is 58.3 Å². The van der Waals surface area contributed by atoms with E-state index in [1.807, 2.05) is 20.8 Å². The fraction of sp³-hybridized carbons (Fsp3) is 0.923. The van der Waals surface area contributed by atoms with E-state index in [0.29, 0.717) is 13.2 Å². The molecule has 1 saturated heterocycles. The minimum Gasteiger partial charge on any atom is -0.394 e. The maximum Gasteiger partial charge on any atom is 0.237 e. The summed E-state index contributed by atoms with van der Waals surface area (Å²) in [5.74, 6) is 0.0507. The third kappa shape index (κ3) is 3.93. The molecule has 1 rings (SSSR count). The molecule has 0 aromatic rings. The molecule has 2 N–H and O–H groups in total. The van der Waals surface area contributed by atoms with Crippen LogP contribution in [0.4, 0.5) is 0 Å². The van der Waals surface area contributed by atoms with E-state index in [9.17, 15) is 4.79 Å². The van der Waals surface area contributed by atoms with Gasteiger partial charge in [-0.25, -0.2) is 0 Å². The summed E-state index contributed by atoms with van der Waals surface area (Å²) in [6.07, 6.45) is 0.746. The van der Waals surface area contributed by atoms with Gasteiger partial charge in [0, 0.05) is 18.6 Å². The first kappa shape index (κ1) is 15.4. The fourth-order valence-electron chi connectivity index (χ4n) is 2.11. The lowest BCUT2D eigenvalue weighted by atomic mass is 10.1. The van der Waals surface area contributed by atoms with Gasteiger partial charge >= 0.3 is 0 Å². The Bertz CT molecular complexity index is 273. The highest BCUT2D eigenvalue weighted by molar-refractivity contribution is 5.81.